The molecule has 5 heteroatoms. The van der Waals surface area contributed by atoms with E-state index in [0.29, 0.717) is 26.4 Å². The first kappa shape index (κ1) is 29.0. The van der Waals surface area contributed by atoms with E-state index in [0.717, 1.165) is 82.3 Å². The van der Waals surface area contributed by atoms with E-state index in [2.05, 4.69) is 58.0 Å². The van der Waals surface area contributed by atoms with Crippen molar-refractivity contribution in [2.45, 2.75) is 53.4 Å². The van der Waals surface area contributed by atoms with E-state index in [1.54, 1.807) is 0 Å². The fraction of sp³-hybridized carbons (Fsp3) is 0.343. The van der Waals surface area contributed by atoms with Crippen LogP contribution in [0.4, 0.5) is 0 Å². The summed E-state index contributed by atoms with van der Waals surface area (Å²) in [6.45, 7) is 11.0. The number of benzene rings is 3. The van der Waals surface area contributed by atoms with Crippen molar-refractivity contribution in [2.75, 3.05) is 26.4 Å². The average Bonchev–Trinajstić information content (AvgIpc) is 3.01. The molecular weight excluding hydrogens is 498 g/mol. The van der Waals surface area contributed by atoms with Crippen molar-refractivity contribution in [3.63, 3.8) is 0 Å². The SMILES string of the molecule is CCCOc1ccc(OCCC)c(-c2cc(-c3ccccc3)nc(-c3cc(OCCC)ccc3OCCC)c2)c1. The maximum atomic E-state index is 6.21. The zero-order valence-corrected chi connectivity index (χ0v) is 24.2. The lowest BCUT2D eigenvalue weighted by molar-refractivity contribution is 0.309. The molecule has 4 aromatic rings. The van der Waals surface area contributed by atoms with Crippen molar-refractivity contribution in [1.82, 2.24) is 4.98 Å². The Morgan fingerprint density at radius 2 is 0.975 bits per heavy atom. The predicted octanol–water partition coefficient (Wildman–Crippen LogP) is 9.24. The number of pyridine rings is 1. The molecule has 0 radical (unpaired) electrons. The zero-order chi connectivity index (χ0) is 28.2. The van der Waals surface area contributed by atoms with E-state index in [1.165, 1.54) is 0 Å². The molecule has 0 saturated heterocycles. The van der Waals surface area contributed by atoms with E-state index in [1.807, 2.05) is 48.5 Å². The molecule has 0 aliphatic rings. The van der Waals surface area contributed by atoms with Gasteiger partial charge < -0.3 is 18.9 Å². The van der Waals surface area contributed by atoms with Crippen LogP contribution in [-0.2, 0) is 0 Å². The summed E-state index contributed by atoms with van der Waals surface area (Å²) in [6.07, 6.45) is 3.72. The highest BCUT2D eigenvalue weighted by Crippen LogP contribution is 2.40. The Morgan fingerprint density at radius 3 is 1.55 bits per heavy atom. The van der Waals surface area contributed by atoms with Gasteiger partial charge in [0.05, 0.1) is 37.8 Å². The summed E-state index contributed by atoms with van der Waals surface area (Å²) in [4.78, 5) is 5.15. The standard InChI is InChI=1S/C35H41NO4/c1-5-18-37-28-14-16-34(39-20-7-3)30(24-28)27-22-32(26-12-10-9-11-13-26)36-33(23-27)31-25-29(38-19-6-2)15-17-35(31)40-21-8-4/h9-17,22-25H,5-8,18-21H2,1-4H3. The summed E-state index contributed by atoms with van der Waals surface area (Å²) in [5, 5.41) is 0. The van der Waals surface area contributed by atoms with Crippen LogP contribution >= 0.6 is 0 Å². The van der Waals surface area contributed by atoms with Crippen LogP contribution < -0.4 is 18.9 Å². The van der Waals surface area contributed by atoms with E-state index in [9.17, 15) is 0 Å². The Kier molecular flexibility index (Phi) is 10.9. The summed E-state index contributed by atoms with van der Waals surface area (Å²) in [5.74, 6) is 3.24. The lowest BCUT2D eigenvalue weighted by Crippen LogP contribution is -2.01. The van der Waals surface area contributed by atoms with Crippen LogP contribution in [0.1, 0.15) is 53.4 Å². The second-order valence-corrected chi connectivity index (χ2v) is 9.70. The largest absolute Gasteiger partial charge is 0.494 e. The summed E-state index contributed by atoms with van der Waals surface area (Å²) >= 11 is 0. The number of nitrogens with zero attached hydrogens (tertiary/aromatic N) is 1. The molecule has 40 heavy (non-hydrogen) atoms. The minimum Gasteiger partial charge on any atom is -0.494 e. The topological polar surface area (TPSA) is 49.8 Å². The Labute approximate surface area is 239 Å². The smallest absolute Gasteiger partial charge is 0.128 e. The van der Waals surface area contributed by atoms with Gasteiger partial charge in [-0.2, -0.15) is 0 Å². The molecule has 0 spiro atoms. The van der Waals surface area contributed by atoms with Gasteiger partial charge in [0.15, 0.2) is 0 Å². The fourth-order valence-corrected chi connectivity index (χ4v) is 4.32. The van der Waals surface area contributed by atoms with Crippen molar-refractivity contribution in [1.29, 1.82) is 0 Å². The highest BCUT2D eigenvalue weighted by Gasteiger charge is 2.17. The second kappa shape index (κ2) is 15.0. The molecule has 5 nitrogen and oxygen atoms in total. The number of hydrogen-bond acceptors (Lipinski definition) is 5. The van der Waals surface area contributed by atoms with Gasteiger partial charge in [-0.3, -0.25) is 0 Å². The third-order valence-electron chi connectivity index (χ3n) is 6.25. The van der Waals surface area contributed by atoms with E-state index < -0.39 is 0 Å². The summed E-state index contributed by atoms with van der Waals surface area (Å²) in [6, 6.07) is 26.6. The second-order valence-electron chi connectivity index (χ2n) is 9.70. The highest BCUT2D eigenvalue weighted by atomic mass is 16.5. The monoisotopic (exact) mass is 539 g/mol. The molecule has 0 aliphatic carbocycles. The van der Waals surface area contributed by atoms with Crippen molar-refractivity contribution in [2.24, 2.45) is 0 Å². The molecule has 0 saturated carbocycles. The van der Waals surface area contributed by atoms with Crippen LogP contribution in [0.15, 0.2) is 78.9 Å². The summed E-state index contributed by atoms with van der Waals surface area (Å²) < 4.78 is 24.4. The van der Waals surface area contributed by atoms with Gasteiger partial charge in [-0.15, -0.1) is 0 Å². The minimum absolute atomic E-state index is 0.624. The van der Waals surface area contributed by atoms with Crippen LogP contribution in [-0.4, -0.2) is 31.4 Å². The number of aromatic nitrogens is 1. The normalized spacial score (nSPS) is 10.8. The lowest BCUT2D eigenvalue weighted by Gasteiger charge is -2.17. The first-order valence-electron chi connectivity index (χ1n) is 14.5. The van der Waals surface area contributed by atoms with Gasteiger partial charge in [0.25, 0.3) is 0 Å². The third kappa shape index (κ3) is 7.56. The van der Waals surface area contributed by atoms with E-state index in [-0.39, 0.29) is 0 Å². The van der Waals surface area contributed by atoms with Gasteiger partial charge in [0.2, 0.25) is 0 Å². The van der Waals surface area contributed by atoms with Gasteiger partial charge in [-0.05, 0) is 79.8 Å². The van der Waals surface area contributed by atoms with E-state index in [4.69, 9.17) is 23.9 Å². The molecule has 0 fully saturated rings. The minimum atomic E-state index is 0.624. The Balaban J connectivity index is 1.92. The number of ether oxygens (including phenoxy) is 4. The first-order valence-corrected chi connectivity index (χ1v) is 14.5. The van der Waals surface area contributed by atoms with Gasteiger partial charge in [-0.1, -0.05) is 58.0 Å². The summed E-state index contributed by atoms with van der Waals surface area (Å²) in [5.41, 5.74) is 5.59. The van der Waals surface area contributed by atoms with Gasteiger partial charge in [-0.25, -0.2) is 4.98 Å². The van der Waals surface area contributed by atoms with Crippen molar-refractivity contribution in [3.8, 4) is 56.6 Å². The molecule has 0 bridgehead atoms. The molecule has 1 heterocycles. The average molecular weight is 540 g/mol. The fourth-order valence-electron chi connectivity index (χ4n) is 4.32. The van der Waals surface area contributed by atoms with E-state index >= 15 is 0 Å². The summed E-state index contributed by atoms with van der Waals surface area (Å²) in [7, 11) is 0. The Hall–Kier alpha value is -3.99. The van der Waals surface area contributed by atoms with Crippen molar-refractivity contribution < 1.29 is 18.9 Å². The van der Waals surface area contributed by atoms with Crippen molar-refractivity contribution >= 4 is 0 Å². The molecular formula is C35H41NO4. The van der Waals surface area contributed by atoms with Gasteiger partial charge in [0, 0.05) is 16.7 Å². The molecule has 0 aliphatic heterocycles. The van der Waals surface area contributed by atoms with Crippen LogP contribution in [0.5, 0.6) is 23.0 Å². The Bertz CT molecular complexity index is 1270. The molecule has 0 amide bonds. The molecule has 210 valence electrons. The Morgan fingerprint density at radius 1 is 0.475 bits per heavy atom. The highest BCUT2D eigenvalue weighted by molar-refractivity contribution is 5.81. The third-order valence-corrected chi connectivity index (χ3v) is 6.25. The van der Waals surface area contributed by atoms with Crippen LogP contribution in [0.3, 0.4) is 0 Å². The maximum absolute atomic E-state index is 6.21. The molecule has 1 aromatic heterocycles. The lowest BCUT2D eigenvalue weighted by atomic mass is 9.98. The quantitative estimate of drug-likeness (QED) is 0.151. The predicted molar refractivity (Wildman–Crippen MR) is 164 cm³/mol. The van der Waals surface area contributed by atoms with Crippen LogP contribution in [0, 0.1) is 0 Å². The van der Waals surface area contributed by atoms with Crippen LogP contribution in [0.25, 0.3) is 33.6 Å². The van der Waals surface area contributed by atoms with Crippen molar-refractivity contribution in [3.05, 3.63) is 78.9 Å². The molecule has 0 atom stereocenters. The number of hydrogen-bond donors (Lipinski definition) is 0. The first-order chi connectivity index (χ1) is 19.7. The van der Waals surface area contributed by atoms with Gasteiger partial charge >= 0.3 is 0 Å². The zero-order valence-electron chi connectivity index (χ0n) is 24.2. The maximum Gasteiger partial charge on any atom is 0.128 e. The number of rotatable bonds is 15. The molecule has 0 unspecified atom stereocenters. The molecule has 0 N–H and O–H groups in total. The van der Waals surface area contributed by atoms with Gasteiger partial charge in [0.1, 0.15) is 23.0 Å². The van der Waals surface area contributed by atoms with Crippen LogP contribution in [0.2, 0.25) is 0 Å². The molecule has 3 aromatic carbocycles. The molecule has 4 rings (SSSR count).